The summed E-state index contributed by atoms with van der Waals surface area (Å²) in [5, 5.41) is 3.11. The molecule has 1 aromatic heterocycles. The van der Waals surface area contributed by atoms with Gasteiger partial charge in [-0.25, -0.2) is 9.97 Å². The fourth-order valence-electron chi connectivity index (χ4n) is 3.16. The minimum absolute atomic E-state index is 0.0383. The molecule has 1 saturated heterocycles. The summed E-state index contributed by atoms with van der Waals surface area (Å²) in [6, 6.07) is 1.90. The predicted octanol–water partition coefficient (Wildman–Crippen LogP) is 1.85. The maximum absolute atomic E-state index is 12.4. The molecule has 1 aliphatic heterocycles. The fraction of sp³-hybridized carbons (Fsp3) is 0.722. The molecule has 0 aliphatic carbocycles. The number of anilines is 1. The Morgan fingerprint density at radius 2 is 2.21 bits per heavy atom. The monoisotopic (exact) mass is 333 g/mol. The quantitative estimate of drug-likeness (QED) is 0.736. The van der Waals surface area contributed by atoms with Crippen LogP contribution in [0.1, 0.15) is 38.8 Å². The number of nitrogens with zero attached hydrogens (tertiary/aromatic N) is 4. The molecule has 2 rings (SSSR count). The van der Waals surface area contributed by atoms with Gasteiger partial charge in [0.05, 0.1) is 5.92 Å². The Labute approximate surface area is 145 Å². The van der Waals surface area contributed by atoms with Gasteiger partial charge in [0.25, 0.3) is 0 Å². The number of amides is 1. The number of aromatic nitrogens is 2. The second-order valence-corrected chi connectivity index (χ2v) is 6.45. The van der Waals surface area contributed by atoms with E-state index < -0.39 is 0 Å². The number of aryl methyl sites for hydroxylation is 1. The van der Waals surface area contributed by atoms with Crippen molar-refractivity contribution in [3.63, 3.8) is 0 Å². The van der Waals surface area contributed by atoms with Crippen LogP contribution in [0.3, 0.4) is 0 Å². The Kier molecular flexibility index (Phi) is 7.43. The topological polar surface area (TPSA) is 61.4 Å². The molecule has 6 heteroatoms. The summed E-state index contributed by atoms with van der Waals surface area (Å²) in [6.45, 7) is 11.9. The Balaban J connectivity index is 1.78. The van der Waals surface area contributed by atoms with Gasteiger partial charge < -0.3 is 15.1 Å². The minimum Gasteiger partial charge on any atom is -0.356 e. The number of piperidine rings is 1. The highest BCUT2D eigenvalue weighted by Crippen LogP contribution is 2.20. The van der Waals surface area contributed by atoms with E-state index in [-0.39, 0.29) is 11.8 Å². The molecule has 6 nitrogen and oxygen atoms in total. The van der Waals surface area contributed by atoms with Crippen LogP contribution in [0.25, 0.3) is 0 Å². The SMILES string of the molecule is CCN(CC)CCCNC(=O)C1CCCN(c2nccc(C)n2)C1. The second kappa shape index (κ2) is 9.57. The molecule has 2 heterocycles. The Morgan fingerprint density at radius 1 is 1.42 bits per heavy atom. The molecule has 0 radical (unpaired) electrons. The zero-order valence-electron chi connectivity index (χ0n) is 15.3. The molecule has 24 heavy (non-hydrogen) atoms. The average Bonchev–Trinajstić information content (AvgIpc) is 2.62. The Morgan fingerprint density at radius 3 is 2.92 bits per heavy atom. The van der Waals surface area contributed by atoms with Gasteiger partial charge in [-0.2, -0.15) is 0 Å². The molecule has 1 atom stereocenters. The summed E-state index contributed by atoms with van der Waals surface area (Å²) < 4.78 is 0. The van der Waals surface area contributed by atoms with Crippen LogP contribution in [-0.4, -0.2) is 60.0 Å². The van der Waals surface area contributed by atoms with E-state index in [1.807, 2.05) is 13.0 Å². The lowest BCUT2D eigenvalue weighted by atomic mass is 9.97. The molecule has 134 valence electrons. The maximum atomic E-state index is 12.4. The standard InChI is InChI=1S/C18H31N5O/c1-4-22(5-2)12-7-10-19-17(24)16-8-6-13-23(14-16)18-20-11-9-15(3)21-18/h9,11,16H,4-8,10,12-14H2,1-3H3,(H,19,24). The number of carbonyl (C=O) groups is 1. The highest BCUT2D eigenvalue weighted by molar-refractivity contribution is 5.79. The summed E-state index contributed by atoms with van der Waals surface area (Å²) in [5.74, 6) is 0.956. The average molecular weight is 333 g/mol. The van der Waals surface area contributed by atoms with Crippen LogP contribution >= 0.6 is 0 Å². The smallest absolute Gasteiger partial charge is 0.225 e. The lowest BCUT2D eigenvalue weighted by molar-refractivity contribution is -0.125. The van der Waals surface area contributed by atoms with E-state index in [0.717, 1.165) is 63.6 Å². The van der Waals surface area contributed by atoms with Crippen molar-refractivity contribution in [2.24, 2.45) is 5.92 Å². The van der Waals surface area contributed by atoms with Crippen LogP contribution in [0.15, 0.2) is 12.3 Å². The first-order valence-corrected chi connectivity index (χ1v) is 9.18. The van der Waals surface area contributed by atoms with E-state index in [9.17, 15) is 4.79 Å². The fourth-order valence-corrected chi connectivity index (χ4v) is 3.16. The molecule has 1 unspecified atom stereocenters. The van der Waals surface area contributed by atoms with Crippen molar-refractivity contribution in [1.29, 1.82) is 0 Å². The third-order valence-corrected chi connectivity index (χ3v) is 4.70. The molecular formula is C18H31N5O. The van der Waals surface area contributed by atoms with E-state index in [1.54, 1.807) is 6.20 Å². The van der Waals surface area contributed by atoms with Crippen LogP contribution in [0.4, 0.5) is 5.95 Å². The van der Waals surface area contributed by atoms with Gasteiger partial charge in [0.2, 0.25) is 11.9 Å². The van der Waals surface area contributed by atoms with Crippen LogP contribution < -0.4 is 10.2 Å². The first-order valence-electron chi connectivity index (χ1n) is 9.18. The molecular weight excluding hydrogens is 302 g/mol. The molecule has 1 fully saturated rings. The van der Waals surface area contributed by atoms with Gasteiger partial charge in [-0.3, -0.25) is 4.79 Å². The van der Waals surface area contributed by atoms with E-state index in [1.165, 1.54) is 0 Å². The molecule has 0 aromatic carbocycles. The van der Waals surface area contributed by atoms with Gasteiger partial charge in [-0.05, 0) is 51.9 Å². The number of hydrogen-bond acceptors (Lipinski definition) is 5. The van der Waals surface area contributed by atoms with E-state index in [0.29, 0.717) is 6.54 Å². The zero-order chi connectivity index (χ0) is 17.4. The molecule has 0 saturated carbocycles. The van der Waals surface area contributed by atoms with Crippen LogP contribution in [0.2, 0.25) is 0 Å². The van der Waals surface area contributed by atoms with Crippen molar-refractivity contribution >= 4 is 11.9 Å². The summed E-state index contributed by atoms with van der Waals surface area (Å²) in [5.41, 5.74) is 0.961. The third-order valence-electron chi connectivity index (χ3n) is 4.70. The summed E-state index contributed by atoms with van der Waals surface area (Å²) >= 11 is 0. The van der Waals surface area contributed by atoms with Gasteiger partial charge in [0.15, 0.2) is 0 Å². The van der Waals surface area contributed by atoms with E-state index >= 15 is 0 Å². The zero-order valence-corrected chi connectivity index (χ0v) is 15.3. The number of rotatable bonds is 8. The number of hydrogen-bond donors (Lipinski definition) is 1. The second-order valence-electron chi connectivity index (χ2n) is 6.45. The van der Waals surface area contributed by atoms with E-state index in [4.69, 9.17) is 0 Å². The molecule has 1 amide bonds. The summed E-state index contributed by atoms with van der Waals surface area (Å²) in [4.78, 5) is 25.8. The molecule has 1 N–H and O–H groups in total. The largest absolute Gasteiger partial charge is 0.356 e. The van der Waals surface area contributed by atoms with Crippen molar-refractivity contribution in [2.75, 3.05) is 44.2 Å². The van der Waals surface area contributed by atoms with Crippen molar-refractivity contribution in [1.82, 2.24) is 20.2 Å². The van der Waals surface area contributed by atoms with Gasteiger partial charge in [-0.15, -0.1) is 0 Å². The van der Waals surface area contributed by atoms with Crippen molar-refractivity contribution < 1.29 is 4.79 Å². The van der Waals surface area contributed by atoms with Crippen LogP contribution in [0.5, 0.6) is 0 Å². The minimum atomic E-state index is 0.0383. The van der Waals surface area contributed by atoms with Crippen molar-refractivity contribution in [2.45, 2.75) is 40.0 Å². The third kappa shape index (κ3) is 5.44. The highest BCUT2D eigenvalue weighted by Gasteiger charge is 2.26. The summed E-state index contributed by atoms with van der Waals surface area (Å²) in [6.07, 6.45) is 4.75. The van der Waals surface area contributed by atoms with Gasteiger partial charge in [0, 0.05) is 31.5 Å². The van der Waals surface area contributed by atoms with Crippen LogP contribution in [-0.2, 0) is 4.79 Å². The normalized spacial score (nSPS) is 18.0. The Hall–Kier alpha value is -1.69. The molecule has 0 spiro atoms. The number of nitrogens with one attached hydrogen (secondary N) is 1. The lowest BCUT2D eigenvalue weighted by Crippen LogP contribution is -2.44. The maximum Gasteiger partial charge on any atom is 0.225 e. The van der Waals surface area contributed by atoms with Crippen molar-refractivity contribution in [3.05, 3.63) is 18.0 Å². The van der Waals surface area contributed by atoms with E-state index in [2.05, 4.69) is 38.9 Å². The van der Waals surface area contributed by atoms with Gasteiger partial charge in [0.1, 0.15) is 0 Å². The predicted molar refractivity (Wildman–Crippen MR) is 97.1 cm³/mol. The van der Waals surface area contributed by atoms with Crippen LogP contribution in [0, 0.1) is 12.8 Å². The molecule has 1 aromatic rings. The highest BCUT2D eigenvalue weighted by atomic mass is 16.1. The molecule has 1 aliphatic rings. The van der Waals surface area contributed by atoms with Crippen molar-refractivity contribution in [3.8, 4) is 0 Å². The van der Waals surface area contributed by atoms with Gasteiger partial charge >= 0.3 is 0 Å². The molecule has 0 bridgehead atoms. The Bertz CT molecular complexity index is 518. The van der Waals surface area contributed by atoms with Gasteiger partial charge in [-0.1, -0.05) is 13.8 Å². The number of carbonyl (C=O) groups excluding carboxylic acids is 1. The summed E-state index contributed by atoms with van der Waals surface area (Å²) in [7, 11) is 0. The first kappa shape index (κ1) is 18.6. The first-order chi connectivity index (χ1) is 11.6. The lowest BCUT2D eigenvalue weighted by Gasteiger charge is -2.32.